The number of H-pyrrole nitrogens is 1. The van der Waals surface area contributed by atoms with Crippen molar-refractivity contribution >= 4 is 28.5 Å². The number of hydrogen-bond donors (Lipinski definition) is 2. The lowest BCUT2D eigenvalue weighted by Gasteiger charge is -2.04. The molecule has 0 atom stereocenters. The van der Waals surface area contributed by atoms with E-state index in [4.69, 9.17) is 20.8 Å². The van der Waals surface area contributed by atoms with Crippen LogP contribution in [0, 0.1) is 0 Å². The second kappa shape index (κ2) is 6.45. The number of halogens is 1. The predicted molar refractivity (Wildman–Crippen MR) is 94.7 cm³/mol. The van der Waals surface area contributed by atoms with Crippen molar-refractivity contribution in [2.75, 3.05) is 12.4 Å². The van der Waals surface area contributed by atoms with Gasteiger partial charge in [0.25, 0.3) is 5.89 Å². The molecule has 4 rings (SSSR count). The second-order valence-corrected chi connectivity index (χ2v) is 5.75. The van der Waals surface area contributed by atoms with Crippen LogP contribution in [0.1, 0.15) is 5.56 Å². The molecule has 0 bridgehead atoms. The number of fused-ring (bicyclic) bond motifs is 1. The zero-order valence-corrected chi connectivity index (χ0v) is 14.0. The molecule has 2 heterocycles. The molecule has 0 aliphatic heterocycles. The Bertz CT molecular complexity index is 1030. The highest BCUT2D eigenvalue weighted by molar-refractivity contribution is 6.37. The van der Waals surface area contributed by atoms with Gasteiger partial charge in [-0.2, -0.15) is 5.10 Å². The van der Waals surface area contributed by atoms with Gasteiger partial charge in [0, 0.05) is 11.9 Å². The number of ether oxygens (including phenoxy) is 1. The first-order chi connectivity index (χ1) is 12.2. The van der Waals surface area contributed by atoms with Gasteiger partial charge < -0.3 is 14.5 Å². The van der Waals surface area contributed by atoms with Crippen LogP contribution in [-0.4, -0.2) is 27.5 Å². The Morgan fingerprint density at radius 1 is 1.24 bits per heavy atom. The summed E-state index contributed by atoms with van der Waals surface area (Å²) in [5.41, 5.74) is 2.55. The molecule has 8 heteroatoms. The summed E-state index contributed by atoms with van der Waals surface area (Å²) in [5, 5.41) is 19.4. The molecule has 2 aromatic carbocycles. The van der Waals surface area contributed by atoms with Crippen LogP contribution < -0.4 is 10.1 Å². The number of nitrogens with zero attached hydrogens (tertiary/aromatic N) is 3. The fraction of sp³-hybridized carbons (Fsp3) is 0.118. The van der Waals surface area contributed by atoms with E-state index in [1.807, 2.05) is 36.4 Å². The van der Waals surface area contributed by atoms with E-state index in [9.17, 15) is 0 Å². The molecule has 0 fully saturated rings. The van der Waals surface area contributed by atoms with E-state index in [0.29, 0.717) is 29.0 Å². The van der Waals surface area contributed by atoms with Crippen molar-refractivity contribution < 1.29 is 9.15 Å². The maximum absolute atomic E-state index is 6.41. The maximum atomic E-state index is 6.41. The number of methoxy groups -OCH3 is 1. The van der Waals surface area contributed by atoms with E-state index in [1.165, 1.54) is 0 Å². The van der Waals surface area contributed by atoms with Gasteiger partial charge in [0.15, 0.2) is 0 Å². The van der Waals surface area contributed by atoms with Crippen LogP contribution in [0.3, 0.4) is 0 Å². The van der Waals surface area contributed by atoms with Crippen LogP contribution in [0.25, 0.3) is 22.4 Å². The summed E-state index contributed by atoms with van der Waals surface area (Å²) in [7, 11) is 1.64. The van der Waals surface area contributed by atoms with Gasteiger partial charge in [0.1, 0.15) is 5.75 Å². The minimum absolute atomic E-state index is 0.321. The van der Waals surface area contributed by atoms with Gasteiger partial charge >= 0.3 is 6.01 Å². The lowest BCUT2D eigenvalue weighted by molar-refractivity contribution is 0.414. The summed E-state index contributed by atoms with van der Waals surface area (Å²) < 4.78 is 10.9. The monoisotopic (exact) mass is 355 g/mol. The zero-order valence-electron chi connectivity index (χ0n) is 13.3. The summed E-state index contributed by atoms with van der Waals surface area (Å²) in [6, 6.07) is 11.8. The fourth-order valence-electron chi connectivity index (χ4n) is 2.51. The van der Waals surface area contributed by atoms with Crippen LogP contribution >= 0.6 is 11.6 Å². The van der Waals surface area contributed by atoms with E-state index >= 15 is 0 Å². The molecule has 0 spiro atoms. The molecule has 0 aliphatic rings. The van der Waals surface area contributed by atoms with Crippen LogP contribution in [0.5, 0.6) is 5.75 Å². The van der Waals surface area contributed by atoms with Crippen LogP contribution in [-0.2, 0) is 6.54 Å². The normalized spacial score (nSPS) is 11.0. The Morgan fingerprint density at radius 3 is 3.04 bits per heavy atom. The summed E-state index contributed by atoms with van der Waals surface area (Å²) in [4.78, 5) is 0. The third kappa shape index (κ3) is 3.01. The highest BCUT2D eigenvalue weighted by atomic mass is 35.5. The molecule has 7 nitrogen and oxygen atoms in total. The van der Waals surface area contributed by atoms with Crippen molar-refractivity contribution in [3.63, 3.8) is 0 Å². The number of anilines is 1. The highest BCUT2D eigenvalue weighted by Crippen LogP contribution is 2.33. The van der Waals surface area contributed by atoms with E-state index in [0.717, 1.165) is 22.2 Å². The van der Waals surface area contributed by atoms with E-state index in [-0.39, 0.29) is 0 Å². The molecule has 0 saturated carbocycles. The summed E-state index contributed by atoms with van der Waals surface area (Å²) in [6.45, 7) is 0.535. The largest absolute Gasteiger partial charge is 0.497 e. The van der Waals surface area contributed by atoms with Gasteiger partial charge in [-0.05, 0) is 29.8 Å². The molecule has 2 aromatic heterocycles. The van der Waals surface area contributed by atoms with Crippen molar-refractivity contribution in [3.8, 4) is 17.2 Å². The van der Waals surface area contributed by atoms with Gasteiger partial charge in [-0.3, -0.25) is 5.10 Å². The Morgan fingerprint density at radius 2 is 2.16 bits per heavy atom. The molecule has 0 unspecified atom stereocenters. The number of aromatic nitrogens is 4. The van der Waals surface area contributed by atoms with Crippen LogP contribution in [0.2, 0.25) is 5.02 Å². The Balaban J connectivity index is 1.54. The summed E-state index contributed by atoms with van der Waals surface area (Å²) in [5.74, 6) is 1.15. The zero-order chi connectivity index (χ0) is 17.2. The molecular weight excluding hydrogens is 342 g/mol. The van der Waals surface area contributed by atoms with E-state index in [1.54, 1.807) is 13.3 Å². The molecule has 0 aliphatic carbocycles. The number of nitrogens with one attached hydrogen (secondary N) is 2. The minimum atomic E-state index is 0.321. The van der Waals surface area contributed by atoms with Crippen molar-refractivity contribution in [1.29, 1.82) is 0 Å². The van der Waals surface area contributed by atoms with E-state index in [2.05, 4.69) is 25.7 Å². The van der Waals surface area contributed by atoms with Gasteiger partial charge in [0.05, 0.1) is 29.4 Å². The third-order valence-electron chi connectivity index (χ3n) is 3.79. The lowest BCUT2D eigenvalue weighted by atomic mass is 10.1. The predicted octanol–water partition coefficient (Wildman–Crippen LogP) is 3.89. The SMILES string of the molecule is COc1cccc(CNc2nnc(-c3ccc4[nH]ncc4c3Cl)o2)c1. The molecule has 0 radical (unpaired) electrons. The quantitative estimate of drug-likeness (QED) is 0.564. The molecule has 25 heavy (non-hydrogen) atoms. The molecule has 0 amide bonds. The number of hydrogen-bond acceptors (Lipinski definition) is 6. The summed E-state index contributed by atoms with van der Waals surface area (Å²) >= 11 is 6.41. The Hall–Kier alpha value is -3.06. The van der Waals surface area contributed by atoms with Crippen LogP contribution in [0.4, 0.5) is 6.01 Å². The van der Waals surface area contributed by atoms with Crippen molar-refractivity contribution in [3.05, 3.63) is 53.2 Å². The van der Waals surface area contributed by atoms with Gasteiger partial charge in [-0.1, -0.05) is 28.8 Å². The Labute approximate surface area is 148 Å². The highest BCUT2D eigenvalue weighted by Gasteiger charge is 2.15. The second-order valence-electron chi connectivity index (χ2n) is 5.38. The average Bonchev–Trinajstić information content (AvgIpc) is 3.30. The van der Waals surface area contributed by atoms with E-state index < -0.39 is 0 Å². The minimum Gasteiger partial charge on any atom is -0.497 e. The first-order valence-corrected chi connectivity index (χ1v) is 7.94. The molecule has 2 N–H and O–H groups in total. The molecule has 4 aromatic rings. The fourth-order valence-corrected chi connectivity index (χ4v) is 2.81. The van der Waals surface area contributed by atoms with Crippen molar-refractivity contribution in [2.45, 2.75) is 6.54 Å². The lowest BCUT2D eigenvalue weighted by Crippen LogP contribution is -1.99. The number of benzene rings is 2. The topological polar surface area (TPSA) is 88.9 Å². The van der Waals surface area contributed by atoms with Gasteiger partial charge in [-0.15, -0.1) is 5.10 Å². The molecule has 126 valence electrons. The Kier molecular flexibility index (Phi) is 3.99. The average molecular weight is 356 g/mol. The first-order valence-electron chi connectivity index (χ1n) is 7.57. The van der Waals surface area contributed by atoms with Crippen LogP contribution in [0.15, 0.2) is 47.0 Å². The van der Waals surface area contributed by atoms with Gasteiger partial charge in [0.2, 0.25) is 0 Å². The first kappa shape index (κ1) is 15.5. The number of rotatable bonds is 5. The standard InChI is InChI=1S/C17H14ClN5O2/c1-24-11-4-2-3-10(7-11)8-19-17-23-22-16(25-17)12-5-6-14-13(15(12)18)9-20-21-14/h2-7,9H,8H2,1H3,(H,19,23)(H,20,21). The summed E-state index contributed by atoms with van der Waals surface area (Å²) in [6.07, 6.45) is 1.67. The van der Waals surface area contributed by atoms with Crippen molar-refractivity contribution in [1.82, 2.24) is 20.4 Å². The third-order valence-corrected chi connectivity index (χ3v) is 4.20. The maximum Gasteiger partial charge on any atom is 0.316 e. The number of aromatic amines is 1. The van der Waals surface area contributed by atoms with Gasteiger partial charge in [-0.25, -0.2) is 0 Å². The smallest absolute Gasteiger partial charge is 0.316 e. The molecule has 0 saturated heterocycles. The van der Waals surface area contributed by atoms with Crippen molar-refractivity contribution in [2.24, 2.45) is 0 Å². The molecular formula is C17H14ClN5O2.